The first-order valence-corrected chi connectivity index (χ1v) is 13.1. The van der Waals surface area contributed by atoms with E-state index >= 15 is 0 Å². The first-order valence-electron chi connectivity index (χ1n) is 10.7. The molecule has 1 aliphatic rings. The van der Waals surface area contributed by atoms with Gasteiger partial charge in [0, 0.05) is 40.2 Å². The summed E-state index contributed by atoms with van der Waals surface area (Å²) in [5.74, 6) is 1.05. The Labute approximate surface area is 217 Å². The zero-order chi connectivity index (χ0) is 23.5. The molecule has 4 rings (SSSR count). The minimum Gasteiger partial charge on any atom is -0.492 e. The van der Waals surface area contributed by atoms with Gasteiger partial charge in [-0.25, -0.2) is 0 Å². The number of halogens is 2. The van der Waals surface area contributed by atoms with Crippen LogP contribution in [0.15, 0.2) is 58.0 Å². The Morgan fingerprint density at radius 1 is 1.24 bits per heavy atom. The number of thiocarbonyl (C=S) groups is 1. The number of para-hydroxylation sites is 1. The molecular weight excluding hydrogens is 540 g/mol. The Morgan fingerprint density at radius 2 is 2.03 bits per heavy atom. The molecule has 0 radical (unpaired) electrons. The molecule has 4 nitrogen and oxygen atoms in total. The molecule has 0 atom stereocenters. The molecular formula is C25H24BrClN2O2S2. The van der Waals surface area contributed by atoms with Crippen LogP contribution >= 0.6 is 51.5 Å². The van der Waals surface area contributed by atoms with Gasteiger partial charge in [0.05, 0.1) is 16.5 Å². The maximum absolute atomic E-state index is 12.9. The molecule has 0 bridgehead atoms. The van der Waals surface area contributed by atoms with Gasteiger partial charge in [-0.2, -0.15) is 0 Å². The number of aromatic nitrogens is 1. The Morgan fingerprint density at radius 3 is 2.79 bits per heavy atom. The minimum absolute atomic E-state index is 0.0114. The third kappa shape index (κ3) is 5.65. The van der Waals surface area contributed by atoms with E-state index < -0.39 is 0 Å². The van der Waals surface area contributed by atoms with Gasteiger partial charge < -0.3 is 9.30 Å². The number of benzene rings is 2. The number of hydrogen-bond acceptors (Lipinski definition) is 4. The van der Waals surface area contributed by atoms with Crippen molar-refractivity contribution < 1.29 is 9.53 Å². The first-order chi connectivity index (χ1) is 15.8. The number of fused-ring (bicyclic) bond motifs is 1. The minimum atomic E-state index is -0.0114. The van der Waals surface area contributed by atoms with Crippen LogP contribution in [-0.2, 0) is 11.3 Å². The van der Waals surface area contributed by atoms with Crippen LogP contribution in [0.5, 0.6) is 5.75 Å². The summed E-state index contributed by atoms with van der Waals surface area (Å²) in [6, 6.07) is 13.7. The Hall–Kier alpha value is -1.80. The van der Waals surface area contributed by atoms with Gasteiger partial charge in [-0.1, -0.05) is 77.5 Å². The highest BCUT2D eigenvalue weighted by molar-refractivity contribution is 9.10. The second kappa shape index (κ2) is 10.6. The van der Waals surface area contributed by atoms with Gasteiger partial charge in [-0.3, -0.25) is 9.69 Å². The summed E-state index contributed by atoms with van der Waals surface area (Å²) in [4.78, 5) is 15.3. The maximum Gasteiger partial charge on any atom is 0.266 e. The number of thioether (sulfide) groups is 1. The van der Waals surface area contributed by atoms with E-state index in [0.29, 0.717) is 39.1 Å². The number of ether oxygens (including phenoxy) is 1. The molecule has 1 amide bonds. The van der Waals surface area contributed by atoms with E-state index in [9.17, 15) is 4.79 Å². The molecule has 1 aromatic heterocycles. The standard InChI is InChI=1S/C25H24BrClN2O2S2/c1-16(2)14-29-24(30)23(33-25(29)32)12-17-15-28(21-9-8-18(26)13-19(17)21)10-5-11-31-22-7-4-3-6-20(22)27/h3-4,6-9,12-13,15-16H,5,10-11,14H2,1-2H3/b23-12-. The predicted octanol–water partition coefficient (Wildman–Crippen LogP) is 7.38. The van der Waals surface area contributed by atoms with Gasteiger partial charge in [0.2, 0.25) is 0 Å². The number of carbonyl (C=O) groups is 1. The third-order valence-electron chi connectivity index (χ3n) is 5.22. The number of aryl methyl sites for hydroxylation is 1. The molecule has 0 saturated carbocycles. The van der Waals surface area contributed by atoms with Gasteiger partial charge >= 0.3 is 0 Å². The lowest BCUT2D eigenvalue weighted by Crippen LogP contribution is -2.31. The summed E-state index contributed by atoms with van der Waals surface area (Å²) < 4.78 is 9.67. The molecule has 1 aliphatic heterocycles. The topological polar surface area (TPSA) is 34.5 Å². The van der Waals surface area contributed by atoms with Crippen LogP contribution < -0.4 is 4.74 Å². The Balaban J connectivity index is 1.54. The Bertz CT molecular complexity index is 1240. The number of nitrogens with zero attached hydrogens (tertiary/aromatic N) is 2. The zero-order valence-corrected chi connectivity index (χ0v) is 22.4. The third-order valence-corrected chi connectivity index (χ3v) is 7.40. The van der Waals surface area contributed by atoms with E-state index in [4.69, 9.17) is 28.6 Å². The predicted molar refractivity (Wildman–Crippen MR) is 146 cm³/mol. The molecule has 0 N–H and O–H groups in total. The molecule has 1 saturated heterocycles. The van der Waals surface area contributed by atoms with Gasteiger partial charge in [0.25, 0.3) is 5.91 Å². The molecule has 1 fully saturated rings. The lowest BCUT2D eigenvalue weighted by Gasteiger charge is -2.16. The fraction of sp³-hybridized carbons (Fsp3) is 0.280. The summed E-state index contributed by atoms with van der Waals surface area (Å²) in [6.07, 6.45) is 4.88. The van der Waals surface area contributed by atoms with Crippen molar-refractivity contribution >= 4 is 78.7 Å². The zero-order valence-electron chi connectivity index (χ0n) is 18.4. The largest absolute Gasteiger partial charge is 0.492 e. The summed E-state index contributed by atoms with van der Waals surface area (Å²) >= 11 is 16.6. The number of amides is 1. The molecule has 33 heavy (non-hydrogen) atoms. The summed E-state index contributed by atoms with van der Waals surface area (Å²) in [5, 5.41) is 1.70. The molecule has 8 heteroatoms. The van der Waals surface area contributed by atoms with Crippen LogP contribution in [0.25, 0.3) is 17.0 Å². The van der Waals surface area contributed by atoms with E-state index in [2.05, 4.69) is 52.7 Å². The lowest BCUT2D eigenvalue weighted by molar-refractivity contribution is -0.122. The van der Waals surface area contributed by atoms with Crippen molar-refractivity contribution in [2.24, 2.45) is 5.92 Å². The van der Waals surface area contributed by atoms with Crippen LogP contribution in [0.4, 0.5) is 0 Å². The highest BCUT2D eigenvalue weighted by Gasteiger charge is 2.32. The van der Waals surface area contributed by atoms with Crippen molar-refractivity contribution in [2.75, 3.05) is 13.2 Å². The van der Waals surface area contributed by atoms with Crippen LogP contribution in [0, 0.1) is 5.92 Å². The monoisotopic (exact) mass is 562 g/mol. The van der Waals surface area contributed by atoms with Gasteiger partial charge in [-0.15, -0.1) is 0 Å². The summed E-state index contributed by atoms with van der Waals surface area (Å²) in [7, 11) is 0. The van der Waals surface area contributed by atoms with Crippen LogP contribution in [0.2, 0.25) is 5.02 Å². The molecule has 0 aliphatic carbocycles. The highest BCUT2D eigenvalue weighted by atomic mass is 79.9. The molecule has 0 spiro atoms. The van der Waals surface area contributed by atoms with Crippen molar-refractivity contribution in [3.63, 3.8) is 0 Å². The van der Waals surface area contributed by atoms with Gasteiger partial charge in [-0.05, 0) is 48.7 Å². The highest BCUT2D eigenvalue weighted by Crippen LogP contribution is 2.35. The molecule has 2 aromatic carbocycles. The smallest absolute Gasteiger partial charge is 0.266 e. The molecule has 3 aromatic rings. The van der Waals surface area contributed by atoms with E-state index in [-0.39, 0.29) is 5.91 Å². The van der Waals surface area contributed by atoms with Crippen LogP contribution in [0.1, 0.15) is 25.8 Å². The second-order valence-electron chi connectivity index (χ2n) is 8.26. The normalized spacial score (nSPS) is 15.4. The van der Waals surface area contributed by atoms with Crippen molar-refractivity contribution in [3.8, 4) is 5.75 Å². The lowest BCUT2D eigenvalue weighted by atomic mass is 10.1. The van der Waals surface area contributed by atoms with E-state index in [0.717, 1.165) is 33.9 Å². The second-order valence-corrected chi connectivity index (χ2v) is 11.3. The summed E-state index contributed by atoms with van der Waals surface area (Å²) in [6.45, 7) is 6.15. The fourth-order valence-corrected chi connectivity index (χ4v) is 5.56. The maximum atomic E-state index is 12.9. The van der Waals surface area contributed by atoms with Crippen LogP contribution in [-0.4, -0.2) is 32.8 Å². The number of hydrogen-bond donors (Lipinski definition) is 0. The van der Waals surface area contributed by atoms with Crippen molar-refractivity contribution in [1.82, 2.24) is 9.47 Å². The fourth-order valence-electron chi connectivity index (χ4n) is 3.74. The van der Waals surface area contributed by atoms with E-state index in [1.807, 2.05) is 36.4 Å². The SMILES string of the molecule is CC(C)CN1C(=O)/C(=C/c2cn(CCCOc3ccccc3Cl)c3ccc(Br)cc23)SC1=S. The average Bonchev–Trinajstić information content (AvgIpc) is 3.23. The summed E-state index contributed by atoms with van der Waals surface area (Å²) in [5.41, 5.74) is 2.11. The van der Waals surface area contributed by atoms with Crippen molar-refractivity contribution in [1.29, 1.82) is 0 Å². The number of rotatable bonds is 8. The van der Waals surface area contributed by atoms with E-state index in [1.54, 1.807) is 4.90 Å². The van der Waals surface area contributed by atoms with E-state index in [1.165, 1.54) is 11.8 Å². The first kappa shape index (κ1) is 24.3. The van der Waals surface area contributed by atoms with Crippen molar-refractivity contribution in [3.05, 3.63) is 68.6 Å². The number of carbonyl (C=O) groups excluding carboxylic acids is 1. The van der Waals surface area contributed by atoms with Gasteiger partial charge in [0.15, 0.2) is 0 Å². The van der Waals surface area contributed by atoms with Crippen LogP contribution in [0.3, 0.4) is 0 Å². The molecule has 2 heterocycles. The Kier molecular flexibility index (Phi) is 7.84. The molecule has 172 valence electrons. The van der Waals surface area contributed by atoms with Crippen molar-refractivity contribution in [2.45, 2.75) is 26.8 Å². The van der Waals surface area contributed by atoms with Gasteiger partial charge in [0.1, 0.15) is 10.1 Å². The molecule has 0 unspecified atom stereocenters. The quantitative estimate of drug-likeness (QED) is 0.163. The average molecular weight is 564 g/mol.